The smallest absolute Gasteiger partial charge is 0.259 e. The third-order valence-corrected chi connectivity index (χ3v) is 3.67. The van der Waals surface area contributed by atoms with E-state index >= 15 is 0 Å². The number of nitrogens with one attached hydrogen (secondary N) is 2. The summed E-state index contributed by atoms with van der Waals surface area (Å²) in [5, 5.41) is 14.4. The number of carbonyl (C=O) groups excluding carboxylic acids is 1. The molecule has 0 aliphatic carbocycles. The minimum Gasteiger partial charge on any atom is -0.322 e. The van der Waals surface area contributed by atoms with Gasteiger partial charge in [-0.1, -0.05) is 12.1 Å². The highest BCUT2D eigenvalue weighted by atomic mass is 32.2. The fourth-order valence-electron chi connectivity index (χ4n) is 2.00. The number of rotatable bonds is 4. The van der Waals surface area contributed by atoms with Crippen molar-refractivity contribution >= 4 is 21.6 Å². The highest BCUT2D eigenvalue weighted by molar-refractivity contribution is 7.88. The zero-order valence-corrected chi connectivity index (χ0v) is 12.5. The fourth-order valence-corrected chi connectivity index (χ4v) is 2.65. The minimum atomic E-state index is -3.56. The maximum atomic E-state index is 12.1. The number of amides is 1. The van der Waals surface area contributed by atoms with Crippen LogP contribution in [-0.2, 0) is 15.8 Å². The molecule has 0 spiro atoms. The second-order valence-corrected chi connectivity index (χ2v) is 6.38. The average Bonchev–Trinajstić information content (AvgIpc) is 2.70. The summed E-state index contributed by atoms with van der Waals surface area (Å²) in [7, 11) is -3.56. The van der Waals surface area contributed by atoms with Gasteiger partial charge in [-0.15, -0.1) is 0 Å². The van der Waals surface area contributed by atoms with Gasteiger partial charge in [-0.2, -0.15) is 5.10 Å². The van der Waals surface area contributed by atoms with Gasteiger partial charge in [0.05, 0.1) is 17.0 Å². The number of aromatic amines is 1. The van der Waals surface area contributed by atoms with Crippen LogP contribution in [-0.4, -0.2) is 24.5 Å². The molecular weight excluding hydrogens is 292 g/mol. The molecule has 0 fully saturated rings. The largest absolute Gasteiger partial charge is 0.322 e. The molecule has 4 N–H and O–H groups in total. The number of H-pyrrole nitrogens is 1. The van der Waals surface area contributed by atoms with Crippen molar-refractivity contribution in [2.75, 3.05) is 5.32 Å². The van der Waals surface area contributed by atoms with E-state index in [1.54, 1.807) is 38.1 Å². The van der Waals surface area contributed by atoms with Crippen molar-refractivity contribution in [2.24, 2.45) is 5.14 Å². The molecule has 0 unspecified atom stereocenters. The predicted molar refractivity (Wildman–Crippen MR) is 79.3 cm³/mol. The second-order valence-electron chi connectivity index (χ2n) is 4.77. The van der Waals surface area contributed by atoms with Crippen molar-refractivity contribution < 1.29 is 13.2 Å². The number of aromatic nitrogens is 2. The number of nitrogens with zero attached hydrogens (tertiary/aromatic N) is 1. The molecular formula is C13H16N4O3S. The third-order valence-electron chi connectivity index (χ3n) is 2.93. The number of hydrogen-bond donors (Lipinski definition) is 3. The average molecular weight is 308 g/mol. The Morgan fingerprint density at radius 3 is 2.38 bits per heavy atom. The van der Waals surface area contributed by atoms with Crippen molar-refractivity contribution in [1.29, 1.82) is 0 Å². The van der Waals surface area contributed by atoms with Crippen molar-refractivity contribution in [3.63, 3.8) is 0 Å². The number of nitrogens with two attached hydrogens (primary N) is 1. The lowest BCUT2D eigenvalue weighted by Gasteiger charge is -2.06. The molecule has 21 heavy (non-hydrogen) atoms. The standard InChI is InChI=1S/C13H16N4O3S/c1-8-12(9(2)17-16-8)13(18)15-11-5-3-10(4-6-11)7-21(14,19)20/h3-6H,7H2,1-2H3,(H,15,18)(H,16,17)(H2,14,19,20). The summed E-state index contributed by atoms with van der Waals surface area (Å²) < 4.78 is 22.0. The van der Waals surface area contributed by atoms with Gasteiger partial charge >= 0.3 is 0 Å². The van der Waals surface area contributed by atoms with Crippen LogP contribution in [0, 0.1) is 13.8 Å². The summed E-state index contributed by atoms with van der Waals surface area (Å²) in [4.78, 5) is 12.1. The Bertz CT molecular complexity index is 744. The molecule has 0 atom stereocenters. The molecule has 2 rings (SSSR count). The summed E-state index contributed by atoms with van der Waals surface area (Å²) in [6.45, 7) is 3.51. The van der Waals surface area contributed by atoms with E-state index in [1.807, 2.05) is 0 Å². The molecule has 0 saturated heterocycles. The van der Waals surface area contributed by atoms with E-state index in [2.05, 4.69) is 15.5 Å². The highest BCUT2D eigenvalue weighted by Crippen LogP contribution is 2.15. The summed E-state index contributed by atoms with van der Waals surface area (Å²) in [5.41, 5.74) is 2.94. The van der Waals surface area contributed by atoms with E-state index < -0.39 is 10.0 Å². The van der Waals surface area contributed by atoms with Gasteiger partial charge in [0.2, 0.25) is 10.0 Å². The first-order valence-electron chi connectivity index (χ1n) is 6.18. The topological polar surface area (TPSA) is 118 Å². The van der Waals surface area contributed by atoms with Crippen molar-refractivity contribution in [3.05, 3.63) is 46.8 Å². The van der Waals surface area contributed by atoms with Crippen LogP contribution in [0.1, 0.15) is 27.3 Å². The van der Waals surface area contributed by atoms with E-state index in [-0.39, 0.29) is 11.7 Å². The maximum Gasteiger partial charge on any atom is 0.259 e. The van der Waals surface area contributed by atoms with Crippen LogP contribution in [0.5, 0.6) is 0 Å². The Kier molecular flexibility index (Phi) is 4.10. The van der Waals surface area contributed by atoms with E-state index in [9.17, 15) is 13.2 Å². The van der Waals surface area contributed by atoms with Gasteiger partial charge < -0.3 is 5.32 Å². The molecule has 0 bridgehead atoms. The lowest BCUT2D eigenvalue weighted by atomic mass is 10.1. The first kappa shape index (κ1) is 15.2. The second kappa shape index (κ2) is 5.66. The number of benzene rings is 1. The van der Waals surface area contributed by atoms with Crippen LogP contribution < -0.4 is 10.5 Å². The SMILES string of the molecule is Cc1n[nH]c(C)c1C(=O)Nc1ccc(CS(N)(=O)=O)cc1. The summed E-state index contributed by atoms with van der Waals surface area (Å²) in [6, 6.07) is 6.47. The van der Waals surface area contributed by atoms with Gasteiger partial charge in [0, 0.05) is 11.4 Å². The Morgan fingerprint density at radius 2 is 1.90 bits per heavy atom. The molecule has 1 aromatic carbocycles. The van der Waals surface area contributed by atoms with Crippen molar-refractivity contribution in [2.45, 2.75) is 19.6 Å². The third kappa shape index (κ3) is 3.89. The van der Waals surface area contributed by atoms with Crippen molar-refractivity contribution in [1.82, 2.24) is 10.2 Å². The first-order valence-corrected chi connectivity index (χ1v) is 7.90. The van der Waals surface area contributed by atoms with Crippen LogP contribution in [0.25, 0.3) is 0 Å². The summed E-state index contributed by atoms with van der Waals surface area (Å²) in [6.07, 6.45) is 0. The molecule has 1 heterocycles. The predicted octanol–water partition coefficient (Wildman–Crippen LogP) is 1.07. The molecule has 0 radical (unpaired) electrons. The van der Waals surface area contributed by atoms with Gasteiger partial charge in [0.1, 0.15) is 0 Å². The Hall–Kier alpha value is -2.19. The molecule has 1 amide bonds. The van der Waals surface area contributed by atoms with Crippen LogP contribution >= 0.6 is 0 Å². The van der Waals surface area contributed by atoms with Gasteiger partial charge in [-0.25, -0.2) is 13.6 Å². The number of anilines is 1. The van der Waals surface area contributed by atoms with E-state index in [4.69, 9.17) is 5.14 Å². The number of carbonyl (C=O) groups is 1. The molecule has 0 saturated carbocycles. The lowest BCUT2D eigenvalue weighted by Crippen LogP contribution is -2.15. The van der Waals surface area contributed by atoms with Gasteiger partial charge in [-0.05, 0) is 31.5 Å². The minimum absolute atomic E-state index is 0.235. The molecule has 112 valence electrons. The Morgan fingerprint density at radius 1 is 1.29 bits per heavy atom. The molecule has 0 aliphatic rings. The molecule has 0 aliphatic heterocycles. The van der Waals surface area contributed by atoms with Gasteiger partial charge in [-0.3, -0.25) is 9.89 Å². The highest BCUT2D eigenvalue weighted by Gasteiger charge is 2.15. The van der Waals surface area contributed by atoms with E-state index in [0.29, 0.717) is 28.2 Å². The molecule has 1 aromatic heterocycles. The lowest BCUT2D eigenvalue weighted by molar-refractivity contribution is 0.102. The maximum absolute atomic E-state index is 12.1. The van der Waals surface area contributed by atoms with Crippen LogP contribution in [0.15, 0.2) is 24.3 Å². The molecule has 8 heteroatoms. The van der Waals surface area contributed by atoms with Gasteiger partial charge in [0.25, 0.3) is 5.91 Å². The van der Waals surface area contributed by atoms with Crippen LogP contribution in [0.3, 0.4) is 0 Å². The van der Waals surface area contributed by atoms with E-state index in [1.165, 1.54) is 0 Å². The monoisotopic (exact) mass is 308 g/mol. The Labute approximate surface area is 122 Å². The van der Waals surface area contributed by atoms with Crippen LogP contribution in [0.2, 0.25) is 0 Å². The normalized spacial score (nSPS) is 11.4. The van der Waals surface area contributed by atoms with E-state index in [0.717, 1.165) is 0 Å². The summed E-state index contributed by atoms with van der Waals surface area (Å²) >= 11 is 0. The summed E-state index contributed by atoms with van der Waals surface area (Å²) in [5.74, 6) is -0.501. The Balaban J connectivity index is 2.12. The van der Waals surface area contributed by atoms with Crippen molar-refractivity contribution in [3.8, 4) is 0 Å². The van der Waals surface area contributed by atoms with Gasteiger partial charge in [0.15, 0.2) is 0 Å². The zero-order valence-electron chi connectivity index (χ0n) is 11.7. The number of sulfonamides is 1. The van der Waals surface area contributed by atoms with Crippen LogP contribution in [0.4, 0.5) is 5.69 Å². The number of aryl methyl sites for hydroxylation is 2. The molecule has 7 nitrogen and oxygen atoms in total. The fraction of sp³-hybridized carbons (Fsp3) is 0.231. The first-order chi connectivity index (χ1) is 9.76. The number of primary sulfonamides is 1. The zero-order chi connectivity index (χ0) is 15.6. The molecule has 2 aromatic rings. The quantitative estimate of drug-likeness (QED) is 0.782. The number of hydrogen-bond acceptors (Lipinski definition) is 4.